The van der Waals surface area contributed by atoms with Crippen LogP contribution in [0, 0.1) is 0 Å². The third-order valence-corrected chi connectivity index (χ3v) is 7.72. The van der Waals surface area contributed by atoms with Gasteiger partial charge >= 0.3 is 0 Å². The number of hydrogen-bond donors (Lipinski definition) is 1. The highest BCUT2D eigenvalue weighted by molar-refractivity contribution is 6.22. The minimum Gasteiger partial charge on any atom is -0.350 e. The molecule has 0 radical (unpaired) electrons. The third-order valence-electron chi connectivity index (χ3n) is 7.72. The Morgan fingerprint density at radius 3 is 2.44 bits per heavy atom. The highest BCUT2D eigenvalue weighted by Gasteiger charge is 2.58. The predicted octanol–water partition coefficient (Wildman–Crippen LogP) is 4.60. The fourth-order valence-electron chi connectivity index (χ4n) is 5.81. The predicted molar refractivity (Wildman–Crippen MR) is 139 cm³/mol. The number of likely N-dealkylation sites (N-methyl/N-ethyl adjacent to an activating group) is 1. The monoisotopic (exact) mass is 480 g/mol. The van der Waals surface area contributed by atoms with Crippen molar-refractivity contribution in [1.29, 1.82) is 0 Å². The number of nitrogens with zero attached hydrogens (tertiary/aromatic N) is 3. The molecule has 0 saturated carbocycles. The van der Waals surface area contributed by atoms with Crippen molar-refractivity contribution in [1.82, 2.24) is 4.90 Å². The van der Waals surface area contributed by atoms with E-state index in [1.807, 2.05) is 47.4 Å². The first-order valence-electron chi connectivity index (χ1n) is 12.4. The van der Waals surface area contributed by atoms with Crippen molar-refractivity contribution in [2.24, 2.45) is 0 Å². The zero-order valence-electron chi connectivity index (χ0n) is 20.4. The van der Waals surface area contributed by atoms with Crippen LogP contribution in [-0.4, -0.2) is 42.3 Å². The molecule has 182 valence electrons. The molecule has 0 unspecified atom stereocenters. The molecule has 6 rings (SSSR count). The van der Waals surface area contributed by atoms with E-state index in [1.165, 1.54) is 4.90 Å². The topological polar surface area (TPSA) is 73.0 Å². The molecule has 3 amide bonds. The maximum absolute atomic E-state index is 14.0. The Labute approximate surface area is 210 Å². The molecule has 7 heteroatoms. The second kappa shape index (κ2) is 8.22. The summed E-state index contributed by atoms with van der Waals surface area (Å²) in [5.74, 6) is -0.515. The molecule has 3 aliphatic rings. The van der Waals surface area contributed by atoms with E-state index in [1.54, 1.807) is 42.3 Å². The number of amides is 3. The fourth-order valence-corrected chi connectivity index (χ4v) is 5.81. The minimum atomic E-state index is -1.43. The van der Waals surface area contributed by atoms with E-state index < -0.39 is 5.66 Å². The summed E-state index contributed by atoms with van der Waals surface area (Å²) in [6.45, 7) is 2.85. The Kier molecular flexibility index (Phi) is 5.10. The van der Waals surface area contributed by atoms with Gasteiger partial charge < -0.3 is 15.1 Å². The van der Waals surface area contributed by atoms with E-state index in [0.29, 0.717) is 28.1 Å². The standard InChI is InChI=1S/C29H28N4O3/c1-19-9-7-8-18-32(19)26(34)20-14-16-21(17-15-20)33-27(35)22-10-3-5-12-24(22)30-29(33)23-11-4-6-13-25(23)31(2)28(29)36/h3-6,10-17,19,30H,7-9,18H2,1-2H3/t19-,29-/m0/s1. The van der Waals surface area contributed by atoms with Crippen LogP contribution in [0.2, 0.25) is 0 Å². The molecule has 3 heterocycles. The van der Waals surface area contributed by atoms with Crippen LogP contribution in [-0.2, 0) is 10.5 Å². The number of carbonyl (C=O) groups excluding carboxylic acids is 3. The van der Waals surface area contributed by atoms with Crippen LogP contribution in [0.5, 0.6) is 0 Å². The zero-order valence-corrected chi connectivity index (χ0v) is 20.4. The molecule has 1 fully saturated rings. The van der Waals surface area contributed by atoms with E-state index in [-0.39, 0.29) is 23.8 Å². The highest BCUT2D eigenvalue weighted by atomic mass is 16.2. The molecule has 1 spiro atoms. The van der Waals surface area contributed by atoms with Crippen LogP contribution in [0.15, 0.2) is 72.8 Å². The molecule has 2 atom stereocenters. The van der Waals surface area contributed by atoms with Crippen LogP contribution in [0.4, 0.5) is 17.1 Å². The lowest BCUT2D eigenvalue weighted by Gasteiger charge is -2.45. The fraction of sp³-hybridized carbons (Fsp3) is 0.276. The molecule has 1 saturated heterocycles. The van der Waals surface area contributed by atoms with Crippen LogP contribution in [0.1, 0.15) is 52.5 Å². The second-order valence-electron chi connectivity index (χ2n) is 9.79. The van der Waals surface area contributed by atoms with Gasteiger partial charge in [-0.1, -0.05) is 30.3 Å². The Balaban J connectivity index is 1.46. The molecule has 3 aromatic rings. The lowest BCUT2D eigenvalue weighted by molar-refractivity contribution is -0.121. The lowest BCUT2D eigenvalue weighted by Crippen LogP contribution is -2.62. The Morgan fingerprint density at radius 1 is 0.944 bits per heavy atom. The average Bonchev–Trinajstić information content (AvgIpc) is 3.11. The van der Waals surface area contributed by atoms with Gasteiger partial charge in [-0.3, -0.25) is 19.3 Å². The number of rotatable bonds is 2. The molecule has 0 aliphatic carbocycles. The van der Waals surface area contributed by atoms with E-state index in [0.717, 1.165) is 31.5 Å². The molecule has 0 bridgehead atoms. The summed E-state index contributed by atoms with van der Waals surface area (Å²) in [6.07, 6.45) is 3.16. The second-order valence-corrected chi connectivity index (χ2v) is 9.79. The number of para-hydroxylation sites is 2. The van der Waals surface area contributed by atoms with Gasteiger partial charge in [0.05, 0.1) is 11.3 Å². The molecule has 1 N–H and O–H groups in total. The number of anilines is 3. The summed E-state index contributed by atoms with van der Waals surface area (Å²) in [5.41, 5.74) is 2.26. The van der Waals surface area contributed by atoms with Gasteiger partial charge in [-0.25, -0.2) is 0 Å². The van der Waals surface area contributed by atoms with Crippen molar-refractivity contribution in [3.8, 4) is 0 Å². The van der Waals surface area contributed by atoms with E-state index >= 15 is 0 Å². The first kappa shape index (κ1) is 22.3. The highest BCUT2D eigenvalue weighted by Crippen LogP contribution is 2.49. The molecular formula is C29H28N4O3. The lowest BCUT2D eigenvalue weighted by atomic mass is 9.92. The summed E-state index contributed by atoms with van der Waals surface area (Å²) in [4.78, 5) is 46.2. The number of carbonyl (C=O) groups is 3. The van der Waals surface area contributed by atoms with Crippen molar-refractivity contribution >= 4 is 34.8 Å². The molecule has 0 aromatic heterocycles. The summed E-state index contributed by atoms with van der Waals surface area (Å²) in [7, 11) is 1.72. The largest absolute Gasteiger partial charge is 0.350 e. The molecule has 3 aromatic carbocycles. The van der Waals surface area contributed by atoms with E-state index in [9.17, 15) is 14.4 Å². The average molecular weight is 481 g/mol. The quantitative estimate of drug-likeness (QED) is 0.582. The Morgan fingerprint density at radius 2 is 1.67 bits per heavy atom. The smallest absolute Gasteiger partial charge is 0.278 e. The minimum absolute atomic E-state index is 0.000994. The number of likely N-dealkylation sites (tertiary alicyclic amines) is 1. The summed E-state index contributed by atoms with van der Waals surface area (Å²) >= 11 is 0. The first-order valence-corrected chi connectivity index (χ1v) is 12.4. The SMILES string of the molecule is C[C@H]1CCCCN1C(=O)c1ccc(N2C(=O)c3ccccc3N[C@]23C(=O)N(C)c2ccccc23)cc1. The summed E-state index contributed by atoms with van der Waals surface area (Å²) in [6, 6.07) is 22.0. The van der Waals surface area contributed by atoms with Gasteiger partial charge in [-0.05, 0) is 68.7 Å². The molecule has 36 heavy (non-hydrogen) atoms. The van der Waals surface area contributed by atoms with Crippen molar-refractivity contribution in [2.45, 2.75) is 37.9 Å². The van der Waals surface area contributed by atoms with Gasteiger partial charge in [0.15, 0.2) is 0 Å². The van der Waals surface area contributed by atoms with Crippen LogP contribution >= 0.6 is 0 Å². The van der Waals surface area contributed by atoms with Crippen molar-refractivity contribution in [3.63, 3.8) is 0 Å². The Hall–Kier alpha value is -4.13. The summed E-state index contributed by atoms with van der Waals surface area (Å²) < 4.78 is 0. The van der Waals surface area contributed by atoms with Crippen molar-refractivity contribution in [2.75, 3.05) is 28.7 Å². The van der Waals surface area contributed by atoms with Gasteiger partial charge in [-0.2, -0.15) is 0 Å². The van der Waals surface area contributed by atoms with Crippen LogP contribution in [0.3, 0.4) is 0 Å². The number of fused-ring (bicyclic) bond motifs is 3. The van der Waals surface area contributed by atoms with Gasteiger partial charge in [0.25, 0.3) is 17.7 Å². The number of nitrogens with one attached hydrogen (secondary N) is 1. The van der Waals surface area contributed by atoms with Gasteiger partial charge in [0.2, 0.25) is 5.66 Å². The van der Waals surface area contributed by atoms with Crippen molar-refractivity contribution in [3.05, 3.63) is 89.5 Å². The van der Waals surface area contributed by atoms with Crippen molar-refractivity contribution < 1.29 is 14.4 Å². The van der Waals surface area contributed by atoms with Gasteiger partial charge in [0, 0.05) is 42.1 Å². The zero-order chi connectivity index (χ0) is 25.0. The van der Waals surface area contributed by atoms with E-state index in [2.05, 4.69) is 12.2 Å². The van der Waals surface area contributed by atoms with Crippen LogP contribution < -0.4 is 15.1 Å². The number of piperidine rings is 1. The third kappa shape index (κ3) is 3.08. The Bertz CT molecular complexity index is 1390. The maximum Gasteiger partial charge on any atom is 0.278 e. The van der Waals surface area contributed by atoms with E-state index in [4.69, 9.17) is 0 Å². The number of benzene rings is 3. The maximum atomic E-state index is 14.0. The molecular weight excluding hydrogens is 452 g/mol. The normalized spacial score (nSPS) is 22.9. The molecule has 7 nitrogen and oxygen atoms in total. The van der Waals surface area contributed by atoms with Crippen LogP contribution in [0.25, 0.3) is 0 Å². The van der Waals surface area contributed by atoms with Gasteiger partial charge in [-0.15, -0.1) is 0 Å². The number of hydrogen-bond acceptors (Lipinski definition) is 4. The summed E-state index contributed by atoms with van der Waals surface area (Å²) in [5, 5.41) is 3.42. The molecule has 3 aliphatic heterocycles. The van der Waals surface area contributed by atoms with Gasteiger partial charge in [0.1, 0.15) is 0 Å². The first-order chi connectivity index (χ1) is 17.4.